The molecule has 6 aromatic heterocycles. The lowest BCUT2D eigenvalue weighted by Gasteiger charge is -2.16. The second-order valence-corrected chi connectivity index (χ2v) is 29.7. The molecular weight excluding hydrogens is 1160 g/mol. The fourth-order valence-corrected chi connectivity index (χ4v) is 17.1. The van der Waals surface area contributed by atoms with E-state index in [1.165, 1.54) is 206 Å². The normalized spacial score (nSPS) is 10.6. The predicted octanol–water partition coefficient (Wildman–Crippen LogP) is 27.4. The molecule has 0 atom stereocenters. The summed E-state index contributed by atoms with van der Waals surface area (Å²) in [4.78, 5) is 15.7. The highest BCUT2D eigenvalue weighted by molar-refractivity contribution is 7.24. The molecule has 2 nitrogen and oxygen atoms in total. The minimum atomic E-state index is 0. The zero-order valence-electron chi connectivity index (χ0n) is 52.7. The van der Waals surface area contributed by atoms with Gasteiger partial charge in [0.2, 0.25) is 0 Å². The molecule has 0 amide bonds. The van der Waals surface area contributed by atoms with Crippen LogP contribution in [-0.2, 0) is 12.8 Å². The van der Waals surface area contributed by atoms with Gasteiger partial charge < -0.3 is 9.47 Å². The number of ether oxygens (including phenoxy) is 2. The Balaban J connectivity index is -0.000000853. The molecule has 468 valence electrons. The molecule has 0 radical (unpaired) electrons. The molecule has 0 aliphatic rings. The van der Waals surface area contributed by atoms with Gasteiger partial charge in [0.15, 0.2) is 0 Å². The Hall–Kier alpha value is -5.96. The summed E-state index contributed by atoms with van der Waals surface area (Å²) < 4.78 is 12.9. The highest BCUT2D eigenvalue weighted by Gasteiger charge is 2.21. The molecule has 0 fully saturated rings. The Bertz CT molecular complexity index is 3670. The predicted molar refractivity (Wildman–Crippen MR) is 405 cm³/mol. The number of thiophene rings is 6. The van der Waals surface area contributed by atoms with Gasteiger partial charge in [-0.3, -0.25) is 0 Å². The number of terminal acetylenes is 1. The molecule has 0 saturated heterocycles. The Morgan fingerprint density at radius 2 is 0.744 bits per heavy atom. The zero-order chi connectivity index (χ0) is 60.9. The third-order valence-corrected chi connectivity index (χ3v) is 22.2. The van der Waals surface area contributed by atoms with Crippen LogP contribution in [0.25, 0.3) is 61.3 Å². The molecule has 0 unspecified atom stereocenters. The van der Waals surface area contributed by atoms with Crippen LogP contribution in [0.15, 0.2) is 84.9 Å². The van der Waals surface area contributed by atoms with E-state index in [4.69, 9.17) is 15.9 Å². The van der Waals surface area contributed by atoms with E-state index in [9.17, 15) is 0 Å². The van der Waals surface area contributed by atoms with Gasteiger partial charge in [0.05, 0.1) is 6.61 Å². The summed E-state index contributed by atoms with van der Waals surface area (Å²) in [6.07, 6.45) is 36.6. The van der Waals surface area contributed by atoms with Gasteiger partial charge in [0.25, 0.3) is 0 Å². The lowest BCUT2D eigenvalue weighted by Crippen LogP contribution is -2.00. The SMILES string of the molecule is C#CC#CC#CC#CC#COc1cc(-c2ccc(-c3sc(C)cc3C)s2)c(OCCCCCCCCCC)cc1-c1ccc(-c2sc(C)cc2C)s1.CCCCCCCCc1cc(-c2ccc(C)s2)c(CCCCCCCC)cc1-c1ccc(C)s1.[HH].[HH].[HH].[HH].[HH].[HH].[HH].[HH].[HH].[HH]. The highest BCUT2D eigenvalue weighted by Crippen LogP contribution is 2.49. The molecule has 8 rings (SSSR count). The van der Waals surface area contributed by atoms with Crippen LogP contribution in [0.4, 0.5) is 0 Å². The van der Waals surface area contributed by atoms with Gasteiger partial charge in [-0.2, -0.15) is 0 Å². The molecule has 0 aliphatic heterocycles. The third kappa shape index (κ3) is 21.1. The van der Waals surface area contributed by atoms with Crippen LogP contribution >= 0.6 is 68.0 Å². The second kappa shape index (κ2) is 37.0. The first-order valence-electron chi connectivity index (χ1n) is 31.6. The minimum Gasteiger partial charge on any atom is -0.493 e. The van der Waals surface area contributed by atoms with Crippen LogP contribution in [0.5, 0.6) is 11.5 Å². The molecule has 2 aromatic carbocycles. The van der Waals surface area contributed by atoms with E-state index in [1.807, 2.05) is 45.3 Å². The van der Waals surface area contributed by atoms with E-state index in [-0.39, 0.29) is 14.3 Å². The molecule has 0 bridgehead atoms. The van der Waals surface area contributed by atoms with Gasteiger partial charge in [-0.15, -0.1) is 74.4 Å². The number of rotatable bonds is 31. The van der Waals surface area contributed by atoms with E-state index in [1.54, 1.807) is 33.8 Å². The van der Waals surface area contributed by atoms with Crippen molar-refractivity contribution in [2.45, 2.75) is 204 Å². The number of benzene rings is 2. The van der Waals surface area contributed by atoms with Crippen molar-refractivity contribution in [3.8, 4) is 133 Å². The summed E-state index contributed by atoms with van der Waals surface area (Å²) in [6, 6.07) is 31.9. The van der Waals surface area contributed by atoms with Crippen molar-refractivity contribution in [1.29, 1.82) is 0 Å². The van der Waals surface area contributed by atoms with Crippen molar-refractivity contribution >= 4 is 68.0 Å². The Labute approximate surface area is 557 Å². The number of hydrogen-bond donors (Lipinski definition) is 0. The van der Waals surface area contributed by atoms with Crippen LogP contribution in [0.1, 0.15) is 205 Å². The maximum atomic E-state index is 6.67. The standard InChI is InChI=1S/C46H42O2S4.C32H46S2.10H2/c1-7-9-11-13-15-17-19-21-27-47-39-31-38(42-24-26-44(52-42)46-34(4)30-36(6)50-46)40(48-28-22-20-18-16-14-12-10-8-2)32-37(39)41-23-25-43(51-41)45-33(3)29-35(5)49-45;1-5-7-9-11-13-15-17-27-23-30(32-22-20-26(4)34-32)28(18-16-14-12-10-8-6-2)24-29(27)31-21-19-25(3)33-31;;;;;;;;;;/h1,23-26,29-32H,8,10,12,14,16,18,20,22,28H2,2-6H3;19-24H,5-18H2,1-4H3;10*1H. The van der Waals surface area contributed by atoms with Crippen LogP contribution in [0, 0.1) is 101 Å². The number of unbranched alkanes of at least 4 members (excludes halogenated alkanes) is 17. The van der Waals surface area contributed by atoms with Crippen LogP contribution in [0.2, 0.25) is 0 Å². The first kappa shape index (κ1) is 67.5. The summed E-state index contributed by atoms with van der Waals surface area (Å²) in [5, 5.41) is 0. The highest BCUT2D eigenvalue weighted by atomic mass is 32.1. The summed E-state index contributed by atoms with van der Waals surface area (Å²) >= 11 is 11.1. The second-order valence-electron chi connectivity index (χ2n) is 22.5. The average molecular weight is 1270 g/mol. The monoisotopic (exact) mass is 1270 g/mol. The molecule has 0 saturated carbocycles. The quantitative estimate of drug-likeness (QED) is 0.0318. The van der Waals surface area contributed by atoms with E-state index in [2.05, 4.69) is 201 Å². The molecule has 86 heavy (non-hydrogen) atoms. The maximum Gasteiger partial charge on any atom is 0.149 e. The zero-order valence-corrected chi connectivity index (χ0v) is 57.6. The van der Waals surface area contributed by atoms with Crippen molar-refractivity contribution in [3.05, 3.63) is 127 Å². The fraction of sp³-hybridized carbons (Fsp3) is 0.410. The van der Waals surface area contributed by atoms with Crippen molar-refractivity contribution in [3.63, 3.8) is 0 Å². The Kier molecular flexibility index (Phi) is 29.1. The van der Waals surface area contributed by atoms with Gasteiger partial charge in [-0.25, -0.2) is 0 Å². The largest absolute Gasteiger partial charge is 0.493 e. The van der Waals surface area contributed by atoms with Crippen LogP contribution in [-0.4, -0.2) is 6.61 Å². The summed E-state index contributed by atoms with van der Waals surface area (Å²) in [5.74, 6) is 22.1. The molecular formula is C78H108O2S6. The van der Waals surface area contributed by atoms with Gasteiger partial charge in [-0.1, -0.05) is 130 Å². The Morgan fingerprint density at radius 1 is 0.360 bits per heavy atom. The summed E-state index contributed by atoms with van der Waals surface area (Å²) in [5.41, 5.74) is 10.7. The summed E-state index contributed by atoms with van der Waals surface area (Å²) in [6.45, 7) is 20.7. The van der Waals surface area contributed by atoms with Crippen LogP contribution < -0.4 is 9.47 Å². The van der Waals surface area contributed by atoms with Crippen molar-refractivity contribution in [2.75, 3.05) is 6.61 Å². The van der Waals surface area contributed by atoms with Gasteiger partial charge in [0.1, 0.15) is 17.6 Å². The third-order valence-electron chi connectivity index (χ3n) is 15.2. The first-order chi connectivity index (χ1) is 42.0. The minimum absolute atomic E-state index is 0. The first-order valence-corrected chi connectivity index (χ1v) is 36.5. The smallest absolute Gasteiger partial charge is 0.149 e. The molecule has 0 N–H and O–H groups in total. The maximum absolute atomic E-state index is 6.67. The van der Waals surface area contributed by atoms with Crippen molar-refractivity contribution in [1.82, 2.24) is 0 Å². The van der Waals surface area contributed by atoms with E-state index in [0.29, 0.717) is 12.4 Å². The van der Waals surface area contributed by atoms with Crippen LogP contribution in [0.3, 0.4) is 0 Å². The Morgan fingerprint density at radius 3 is 1.17 bits per heavy atom. The van der Waals surface area contributed by atoms with Gasteiger partial charge in [0, 0.05) is 108 Å². The molecule has 8 heteroatoms. The number of hydrogen-bond acceptors (Lipinski definition) is 8. The lowest BCUT2D eigenvalue weighted by molar-refractivity contribution is 0.305. The molecule has 8 aromatic rings. The topological polar surface area (TPSA) is 18.5 Å². The molecule has 0 aliphatic carbocycles. The van der Waals surface area contributed by atoms with E-state index >= 15 is 0 Å². The van der Waals surface area contributed by atoms with Crippen molar-refractivity contribution in [2.24, 2.45) is 0 Å². The van der Waals surface area contributed by atoms with Gasteiger partial charge in [-0.05, 0) is 216 Å². The van der Waals surface area contributed by atoms with E-state index < -0.39 is 0 Å². The van der Waals surface area contributed by atoms with Gasteiger partial charge >= 0.3 is 0 Å². The van der Waals surface area contributed by atoms with E-state index in [0.717, 1.165) is 33.1 Å². The lowest BCUT2D eigenvalue weighted by atomic mass is 9.91. The summed E-state index contributed by atoms with van der Waals surface area (Å²) in [7, 11) is 0. The molecule has 6 heterocycles. The fourth-order valence-electron chi connectivity index (χ4n) is 10.8. The van der Waals surface area contributed by atoms with Crippen molar-refractivity contribution < 1.29 is 23.7 Å². The number of aryl methyl sites for hydroxylation is 8. The average Bonchev–Trinajstić information content (AvgIpc) is 1.49. The molecule has 0 spiro atoms.